The summed E-state index contributed by atoms with van der Waals surface area (Å²) >= 11 is 4.78. The molecule has 0 saturated heterocycles. The lowest BCUT2D eigenvalue weighted by molar-refractivity contribution is 0.0691. The van der Waals surface area contributed by atoms with E-state index in [1.165, 1.54) is 17.4 Å². The van der Waals surface area contributed by atoms with Gasteiger partial charge in [0, 0.05) is 15.3 Å². The van der Waals surface area contributed by atoms with Crippen LogP contribution in [0.5, 0.6) is 5.75 Å². The summed E-state index contributed by atoms with van der Waals surface area (Å²) in [7, 11) is 0. The molecule has 1 aromatic carbocycles. The van der Waals surface area contributed by atoms with Crippen molar-refractivity contribution in [3.05, 3.63) is 44.3 Å². The third-order valence-electron chi connectivity index (χ3n) is 2.84. The van der Waals surface area contributed by atoms with Gasteiger partial charge in [0.25, 0.3) is 0 Å². The fourth-order valence-corrected chi connectivity index (χ4v) is 2.95. The van der Waals surface area contributed by atoms with Crippen LogP contribution in [0.4, 0.5) is 0 Å². The molecule has 0 amide bonds. The van der Waals surface area contributed by atoms with E-state index in [4.69, 9.17) is 4.74 Å². The molecule has 1 N–H and O–H groups in total. The number of ether oxygens (including phenoxy) is 1. The maximum atomic E-state index is 11.2. The maximum Gasteiger partial charge on any atom is 0.339 e. The van der Waals surface area contributed by atoms with Crippen molar-refractivity contribution >= 4 is 33.2 Å². The van der Waals surface area contributed by atoms with Gasteiger partial charge < -0.3 is 9.84 Å². The van der Waals surface area contributed by atoms with Gasteiger partial charge >= 0.3 is 5.97 Å². The average molecular weight is 370 g/mol. The molecule has 6 heteroatoms. The zero-order valence-corrected chi connectivity index (χ0v) is 14.4. The molecule has 0 aliphatic rings. The third kappa shape index (κ3) is 4.04. The highest BCUT2D eigenvalue weighted by Gasteiger charge is 2.18. The zero-order valence-electron chi connectivity index (χ0n) is 12.0. The number of halogens is 1. The van der Waals surface area contributed by atoms with E-state index in [1.807, 2.05) is 5.38 Å². The molecule has 0 spiro atoms. The number of rotatable bonds is 4. The van der Waals surface area contributed by atoms with Gasteiger partial charge in [0.05, 0.1) is 5.69 Å². The molecule has 0 radical (unpaired) electrons. The number of carboxylic acid groups (broad SMARTS) is 1. The molecule has 2 rings (SSSR count). The van der Waals surface area contributed by atoms with Crippen molar-refractivity contribution in [3.63, 3.8) is 0 Å². The molecule has 0 atom stereocenters. The predicted octanol–water partition coefficient (Wildman–Crippen LogP) is 4.48. The topological polar surface area (TPSA) is 59.4 Å². The highest BCUT2D eigenvalue weighted by molar-refractivity contribution is 9.10. The first kappa shape index (κ1) is 16.0. The van der Waals surface area contributed by atoms with Crippen molar-refractivity contribution in [1.29, 1.82) is 0 Å². The van der Waals surface area contributed by atoms with E-state index < -0.39 is 5.97 Å². The maximum absolute atomic E-state index is 11.2. The summed E-state index contributed by atoms with van der Waals surface area (Å²) in [6, 6.07) is 4.93. The SMILES string of the molecule is CC(C)(C)c1csc(COc2ccc(Br)cc2C(=O)O)n1. The van der Waals surface area contributed by atoms with Crippen molar-refractivity contribution < 1.29 is 14.6 Å². The second kappa shape index (κ2) is 6.15. The van der Waals surface area contributed by atoms with Crippen LogP contribution >= 0.6 is 27.3 Å². The fraction of sp³-hybridized carbons (Fsp3) is 0.333. The lowest BCUT2D eigenvalue weighted by Gasteiger charge is -2.14. The van der Waals surface area contributed by atoms with Gasteiger partial charge in [-0.15, -0.1) is 11.3 Å². The van der Waals surface area contributed by atoms with Crippen molar-refractivity contribution in [2.24, 2.45) is 0 Å². The van der Waals surface area contributed by atoms with E-state index in [1.54, 1.807) is 12.1 Å². The van der Waals surface area contributed by atoms with E-state index >= 15 is 0 Å². The normalized spacial score (nSPS) is 11.4. The van der Waals surface area contributed by atoms with E-state index in [0.29, 0.717) is 10.2 Å². The summed E-state index contributed by atoms with van der Waals surface area (Å²) in [5, 5.41) is 12.0. The number of hydrogen-bond acceptors (Lipinski definition) is 4. The molecular weight excluding hydrogens is 354 g/mol. The third-order valence-corrected chi connectivity index (χ3v) is 4.16. The lowest BCUT2D eigenvalue weighted by Crippen LogP contribution is -2.11. The van der Waals surface area contributed by atoms with Gasteiger partial charge in [0.1, 0.15) is 22.9 Å². The molecule has 1 aromatic heterocycles. The minimum absolute atomic E-state index is 0.00140. The Morgan fingerprint density at radius 1 is 1.43 bits per heavy atom. The van der Waals surface area contributed by atoms with Gasteiger partial charge in [-0.25, -0.2) is 9.78 Å². The van der Waals surface area contributed by atoms with Crippen molar-refractivity contribution in [2.75, 3.05) is 0 Å². The number of carbonyl (C=O) groups is 1. The minimum Gasteiger partial charge on any atom is -0.486 e. The smallest absolute Gasteiger partial charge is 0.339 e. The Labute approximate surface area is 135 Å². The molecular formula is C15H16BrNO3S. The number of thiazole rings is 1. The quantitative estimate of drug-likeness (QED) is 0.862. The molecule has 0 unspecified atom stereocenters. The van der Waals surface area contributed by atoms with E-state index in [0.717, 1.165) is 10.7 Å². The summed E-state index contributed by atoms with van der Waals surface area (Å²) in [5.74, 6) is -0.668. The summed E-state index contributed by atoms with van der Waals surface area (Å²) in [4.78, 5) is 15.7. The standard InChI is InChI=1S/C15H16BrNO3S/c1-15(2,3)12-8-21-13(17-12)7-20-11-5-4-9(16)6-10(11)14(18)19/h4-6,8H,7H2,1-3H3,(H,18,19). The molecule has 4 nitrogen and oxygen atoms in total. The van der Waals surface area contributed by atoms with Gasteiger partial charge in [-0.1, -0.05) is 36.7 Å². The summed E-state index contributed by atoms with van der Waals surface area (Å²) in [6.45, 7) is 6.57. The Morgan fingerprint density at radius 2 is 2.14 bits per heavy atom. The minimum atomic E-state index is -1.01. The van der Waals surface area contributed by atoms with Gasteiger partial charge in [-0.2, -0.15) is 0 Å². The number of hydrogen-bond donors (Lipinski definition) is 1. The summed E-state index contributed by atoms with van der Waals surface area (Å²) in [6.07, 6.45) is 0. The van der Waals surface area contributed by atoms with E-state index in [9.17, 15) is 9.90 Å². The second-order valence-corrected chi connectivity index (χ2v) is 7.47. The first-order valence-corrected chi connectivity index (χ1v) is 8.05. The molecule has 2 aromatic rings. The van der Waals surface area contributed by atoms with Crippen LogP contribution in [0, 0.1) is 0 Å². The first-order valence-electron chi connectivity index (χ1n) is 6.38. The van der Waals surface area contributed by atoms with Crippen LogP contribution < -0.4 is 4.74 Å². The Kier molecular flexibility index (Phi) is 4.68. The monoisotopic (exact) mass is 369 g/mol. The predicted molar refractivity (Wildman–Crippen MR) is 86.2 cm³/mol. The molecule has 112 valence electrons. The molecule has 0 bridgehead atoms. The fourth-order valence-electron chi connectivity index (χ4n) is 1.66. The van der Waals surface area contributed by atoms with Gasteiger partial charge in [-0.3, -0.25) is 0 Å². The Balaban J connectivity index is 2.13. The number of nitrogens with zero attached hydrogens (tertiary/aromatic N) is 1. The Bertz CT molecular complexity index is 661. The highest BCUT2D eigenvalue weighted by atomic mass is 79.9. The van der Waals surface area contributed by atoms with E-state index in [2.05, 4.69) is 41.7 Å². The summed E-state index contributed by atoms with van der Waals surface area (Å²) in [5.41, 5.74) is 1.15. The molecule has 1 heterocycles. The van der Waals surface area contributed by atoms with Crippen LogP contribution in [0.2, 0.25) is 0 Å². The largest absolute Gasteiger partial charge is 0.486 e. The number of aromatic carboxylic acids is 1. The van der Waals surface area contributed by atoms with E-state index in [-0.39, 0.29) is 17.6 Å². The summed E-state index contributed by atoms with van der Waals surface area (Å²) < 4.78 is 6.32. The number of benzene rings is 1. The Hall–Kier alpha value is -1.40. The van der Waals surface area contributed by atoms with Crippen molar-refractivity contribution in [1.82, 2.24) is 4.98 Å². The molecule has 21 heavy (non-hydrogen) atoms. The van der Waals surface area contributed by atoms with Crippen LogP contribution in [0.1, 0.15) is 41.8 Å². The highest BCUT2D eigenvalue weighted by Crippen LogP contribution is 2.27. The van der Waals surface area contributed by atoms with Crippen LogP contribution in [0.15, 0.2) is 28.1 Å². The van der Waals surface area contributed by atoms with Gasteiger partial charge in [-0.05, 0) is 18.2 Å². The lowest BCUT2D eigenvalue weighted by atomic mass is 9.93. The van der Waals surface area contributed by atoms with Crippen LogP contribution in [0.25, 0.3) is 0 Å². The average Bonchev–Trinajstić information content (AvgIpc) is 2.85. The molecule has 0 aliphatic carbocycles. The van der Waals surface area contributed by atoms with Crippen LogP contribution in [0.3, 0.4) is 0 Å². The van der Waals surface area contributed by atoms with Gasteiger partial charge in [0.2, 0.25) is 0 Å². The molecule has 0 saturated carbocycles. The van der Waals surface area contributed by atoms with Gasteiger partial charge in [0.15, 0.2) is 0 Å². The van der Waals surface area contributed by atoms with Crippen molar-refractivity contribution in [3.8, 4) is 5.75 Å². The van der Waals surface area contributed by atoms with Crippen LogP contribution in [-0.2, 0) is 12.0 Å². The van der Waals surface area contributed by atoms with Crippen LogP contribution in [-0.4, -0.2) is 16.1 Å². The van der Waals surface area contributed by atoms with Crippen molar-refractivity contribution in [2.45, 2.75) is 32.8 Å². The molecule has 0 fully saturated rings. The second-order valence-electron chi connectivity index (χ2n) is 5.61. The number of carboxylic acids is 1. The Morgan fingerprint density at radius 3 is 2.71 bits per heavy atom. The zero-order chi connectivity index (χ0) is 15.6. The first-order chi connectivity index (χ1) is 9.77. The molecule has 0 aliphatic heterocycles. The number of aromatic nitrogens is 1.